The van der Waals surface area contributed by atoms with Crippen LogP contribution in [0, 0.1) is 5.82 Å². The Hall–Kier alpha value is -1.27. The van der Waals surface area contributed by atoms with E-state index in [1.165, 1.54) is 17.8 Å². The van der Waals surface area contributed by atoms with Crippen LogP contribution >= 0.6 is 23.4 Å². The number of thioether (sulfide) groups is 1. The molecule has 0 saturated carbocycles. The van der Waals surface area contributed by atoms with Gasteiger partial charge in [-0.05, 0) is 31.4 Å². The van der Waals surface area contributed by atoms with Crippen molar-refractivity contribution in [3.8, 4) is 0 Å². The second-order valence-electron chi connectivity index (χ2n) is 5.24. The van der Waals surface area contributed by atoms with Gasteiger partial charge in [0.15, 0.2) is 0 Å². The highest BCUT2D eigenvalue weighted by Crippen LogP contribution is 2.35. The molecule has 0 aliphatic rings. The van der Waals surface area contributed by atoms with E-state index in [1.807, 2.05) is 20.8 Å². The first-order valence-corrected chi connectivity index (χ1v) is 9.30. The topological polar surface area (TPSA) is 55.4 Å². The fraction of sp³-hybridized carbons (Fsp3) is 0.529. The Morgan fingerprint density at radius 2 is 2.00 bits per heavy atom. The summed E-state index contributed by atoms with van der Waals surface area (Å²) in [6.07, 6.45) is 2.28. The highest BCUT2D eigenvalue weighted by atomic mass is 35.5. The number of carbonyl (C=O) groups excluding carboxylic acids is 2. The summed E-state index contributed by atoms with van der Waals surface area (Å²) in [5.74, 6) is -1.18. The predicted molar refractivity (Wildman–Crippen MR) is 96.1 cm³/mol. The number of nitrogens with one attached hydrogen (secondary N) is 1. The van der Waals surface area contributed by atoms with Crippen LogP contribution in [0.2, 0.25) is 5.02 Å². The number of anilines is 1. The van der Waals surface area contributed by atoms with Crippen molar-refractivity contribution < 1.29 is 18.7 Å². The summed E-state index contributed by atoms with van der Waals surface area (Å²) in [6.45, 7) is 6.02. The molecule has 0 heterocycles. The molecule has 0 radical (unpaired) electrons. The SMILES string of the molecule is CCCOC(=O)C(CC)Sc1cc(NC(=O)CCC)c(F)cc1Cl. The van der Waals surface area contributed by atoms with Crippen molar-refractivity contribution in [3.05, 3.63) is 23.0 Å². The summed E-state index contributed by atoms with van der Waals surface area (Å²) in [5.41, 5.74) is 0.0668. The van der Waals surface area contributed by atoms with Gasteiger partial charge >= 0.3 is 5.97 Å². The van der Waals surface area contributed by atoms with Gasteiger partial charge in [-0.2, -0.15) is 0 Å². The highest BCUT2D eigenvalue weighted by Gasteiger charge is 2.22. The maximum atomic E-state index is 14.0. The van der Waals surface area contributed by atoms with Crippen LogP contribution in [0.25, 0.3) is 0 Å². The van der Waals surface area contributed by atoms with Crippen molar-refractivity contribution in [1.82, 2.24) is 0 Å². The van der Waals surface area contributed by atoms with Crippen molar-refractivity contribution in [2.75, 3.05) is 11.9 Å². The van der Waals surface area contributed by atoms with Gasteiger partial charge in [-0.3, -0.25) is 9.59 Å². The van der Waals surface area contributed by atoms with Crippen LogP contribution in [-0.2, 0) is 14.3 Å². The van der Waals surface area contributed by atoms with Crippen molar-refractivity contribution in [2.24, 2.45) is 0 Å². The Bertz CT molecular complexity index is 583. The van der Waals surface area contributed by atoms with Crippen LogP contribution in [0.1, 0.15) is 46.5 Å². The number of benzene rings is 1. The molecule has 134 valence electrons. The van der Waals surface area contributed by atoms with Crippen molar-refractivity contribution >= 4 is 40.9 Å². The zero-order chi connectivity index (χ0) is 18.1. The van der Waals surface area contributed by atoms with Gasteiger partial charge in [0, 0.05) is 11.3 Å². The standard InChI is InChI=1S/C17H23ClFNO3S/c1-4-7-16(21)20-13-10-15(11(18)9-12(13)19)24-14(6-3)17(22)23-8-5-2/h9-10,14H,4-8H2,1-3H3,(H,20,21). The van der Waals surface area contributed by atoms with E-state index in [9.17, 15) is 14.0 Å². The molecule has 0 spiro atoms. The van der Waals surface area contributed by atoms with Crippen molar-refractivity contribution in [2.45, 2.75) is 56.6 Å². The van der Waals surface area contributed by atoms with Crippen molar-refractivity contribution in [3.63, 3.8) is 0 Å². The first-order chi connectivity index (χ1) is 11.4. The van der Waals surface area contributed by atoms with E-state index in [2.05, 4.69) is 5.32 Å². The van der Waals surface area contributed by atoms with E-state index in [0.717, 1.165) is 12.5 Å². The number of hydrogen-bond donors (Lipinski definition) is 1. The van der Waals surface area contributed by atoms with Gasteiger partial charge in [-0.1, -0.05) is 32.4 Å². The second-order valence-corrected chi connectivity index (χ2v) is 6.89. The fourth-order valence-electron chi connectivity index (χ4n) is 1.90. The lowest BCUT2D eigenvalue weighted by Gasteiger charge is -2.16. The Morgan fingerprint density at radius 1 is 1.29 bits per heavy atom. The lowest BCUT2D eigenvalue weighted by molar-refractivity contribution is -0.143. The van der Waals surface area contributed by atoms with Gasteiger partial charge in [0.05, 0.1) is 17.3 Å². The van der Waals surface area contributed by atoms with Crippen LogP contribution in [0.4, 0.5) is 10.1 Å². The van der Waals surface area contributed by atoms with Gasteiger partial charge in [0.2, 0.25) is 5.91 Å². The lowest BCUT2D eigenvalue weighted by atomic mass is 10.2. The monoisotopic (exact) mass is 375 g/mol. The third-order valence-electron chi connectivity index (χ3n) is 3.12. The second kappa shape index (κ2) is 10.6. The maximum absolute atomic E-state index is 14.0. The molecule has 7 heteroatoms. The number of halogens is 2. The van der Waals surface area contributed by atoms with Gasteiger partial charge < -0.3 is 10.1 Å². The Labute approximate surface area is 151 Å². The average molecular weight is 376 g/mol. The Morgan fingerprint density at radius 3 is 2.58 bits per heavy atom. The average Bonchev–Trinajstić information content (AvgIpc) is 2.54. The number of hydrogen-bond acceptors (Lipinski definition) is 4. The number of ether oxygens (including phenoxy) is 1. The fourth-order valence-corrected chi connectivity index (χ4v) is 3.18. The first-order valence-electron chi connectivity index (χ1n) is 8.05. The Balaban J connectivity index is 2.93. The molecular formula is C17H23ClFNO3S. The zero-order valence-electron chi connectivity index (χ0n) is 14.2. The minimum absolute atomic E-state index is 0.0668. The summed E-state index contributed by atoms with van der Waals surface area (Å²) in [4.78, 5) is 24.2. The summed E-state index contributed by atoms with van der Waals surface area (Å²) in [5, 5.41) is 2.30. The minimum atomic E-state index is -0.601. The smallest absolute Gasteiger partial charge is 0.319 e. The number of esters is 1. The molecule has 24 heavy (non-hydrogen) atoms. The van der Waals surface area contributed by atoms with Gasteiger partial charge in [0.25, 0.3) is 0 Å². The molecule has 0 bridgehead atoms. The molecule has 0 saturated heterocycles. The molecule has 1 unspecified atom stereocenters. The van der Waals surface area contributed by atoms with Crippen LogP contribution in [0.15, 0.2) is 17.0 Å². The third-order valence-corrected chi connectivity index (χ3v) is 4.95. The molecule has 0 aliphatic heterocycles. The Kier molecular flexibility index (Phi) is 9.14. The summed E-state index contributed by atoms with van der Waals surface area (Å²) in [6, 6.07) is 2.61. The molecular weight excluding hydrogens is 353 g/mol. The maximum Gasteiger partial charge on any atom is 0.319 e. The molecule has 1 N–H and O–H groups in total. The van der Waals surface area contributed by atoms with Gasteiger partial charge in [-0.15, -0.1) is 11.8 Å². The summed E-state index contributed by atoms with van der Waals surface area (Å²) in [7, 11) is 0. The van der Waals surface area contributed by atoms with E-state index < -0.39 is 11.1 Å². The number of rotatable bonds is 9. The quantitative estimate of drug-likeness (QED) is 0.485. The van der Waals surface area contributed by atoms with E-state index >= 15 is 0 Å². The molecule has 0 aliphatic carbocycles. The normalized spacial score (nSPS) is 11.9. The zero-order valence-corrected chi connectivity index (χ0v) is 15.7. The molecule has 1 atom stereocenters. The van der Waals surface area contributed by atoms with E-state index in [0.29, 0.717) is 30.8 Å². The van der Waals surface area contributed by atoms with E-state index in [4.69, 9.17) is 16.3 Å². The largest absolute Gasteiger partial charge is 0.465 e. The molecule has 1 amide bonds. The van der Waals surface area contributed by atoms with Crippen LogP contribution in [-0.4, -0.2) is 23.7 Å². The number of carbonyl (C=O) groups is 2. The lowest BCUT2D eigenvalue weighted by Crippen LogP contribution is -2.20. The third kappa shape index (κ3) is 6.32. The van der Waals surface area contributed by atoms with Crippen molar-refractivity contribution in [1.29, 1.82) is 0 Å². The molecule has 1 aromatic carbocycles. The van der Waals surface area contributed by atoms with Gasteiger partial charge in [0.1, 0.15) is 11.1 Å². The minimum Gasteiger partial charge on any atom is -0.465 e. The first kappa shape index (κ1) is 20.8. The summed E-state index contributed by atoms with van der Waals surface area (Å²) < 4.78 is 19.1. The molecule has 1 rings (SSSR count). The highest BCUT2D eigenvalue weighted by molar-refractivity contribution is 8.00. The molecule has 4 nitrogen and oxygen atoms in total. The predicted octanol–water partition coefficient (Wildman–Crippen LogP) is 5.04. The van der Waals surface area contributed by atoms with E-state index in [-0.39, 0.29) is 22.6 Å². The molecule has 0 aromatic heterocycles. The summed E-state index contributed by atoms with van der Waals surface area (Å²) >= 11 is 7.30. The van der Waals surface area contributed by atoms with Gasteiger partial charge in [-0.25, -0.2) is 4.39 Å². The number of amides is 1. The van der Waals surface area contributed by atoms with Crippen LogP contribution in [0.3, 0.4) is 0 Å². The molecule has 1 aromatic rings. The van der Waals surface area contributed by atoms with Crippen LogP contribution < -0.4 is 5.32 Å². The molecule has 0 fully saturated rings. The van der Waals surface area contributed by atoms with E-state index in [1.54, 1.807) is 0 Å². The van der Waals surface area contributed by atoms with Crippen LogP contribution in [0.5, 0.6) is 0 Å².